The zero-order chi connectivity index (χ0) is 10.8. The molecule has 1 aromatic heterocycles. The van der Waals surface area contributed by atoms with Crippen molar-refractivity contribution in [1.82, 2.24) is 9.88 Å². The standard InChI is InChI=1S/C10H15FN2O2/c1-7-9(12-6-15-7)3-13(2)10-5-14-4-8(10)11/h6,8,10H,3-5H2,1-2H3. The van der Waals surface area contributed by atoms with E-state index in [1.54, 1.807) is 0 Å². The molecule has 0 radical (unpaired) electrons. The van der Waals surface area contributed by atoms with Crippen LogP contribution in [-0.4, -0.2) is 42.4 Å². The van der Waals surface area contributed by atoms with Crippen LogP contribution in [0.1, 0.15) is 11.5 Å². The molecule has 1 aliphatic rings. The molecule has 1 aromatic rings. The van der Waals surface area contributed by atoms with Crippen molar-refractivity contribution in [2.75, 3.05) is 20.3 Å². The molecule has 2 atom stereocenters. The largest absolute Gasteiger partial charge is 0.448 e. The lowest BCUT2D eigenvalue weighted by Gasteiger charge is -2.23. The third-order valence-electron chi connectivity index (χ3n) is 2.79. The van der Waals surface area contributed by atoms with E-state index in [-0.39, 0.29) is 12.6 Å². The lowest BCUT2D eigenvalue weighted by Crippen LogP contribution is -2.38. The second-order valence-electron chi connectivity index (χ2n) is 3.89. The maximum absolute atomic E-state index is 13.4. The summed E-state index contributed by atoms with van der Waals surface area (Å²) in [7, 11) is 1.88. The first-order valence-electron chi connectivity index (χ1n) is 4.99. The van der Waals surface area contributed by atoms with Crippen LogP contribution in [0.2, 0.25) is 0 Å². The molecule has 1 fully saturated rings. The molecule has 1 aliphatic heterocycles. The molecule has 84 valence electrons. The van der Waals surface area contributed by atoms with Gasteiger partial charge in [-0.3, -0.25) is 4.90 Å². The van der Waals surface area contributed by atoms with Crippen LogP contribution in [0.15, 0.2) is 10.8 Å². The number of aryl methyl sites for hydroxylation is 1. The molecule has 15 heavy (non-hydrogen) atoms. The van der Waals surface area contributed by atoms with Gasteiger partial charge >= 0.3 is 0 Å². The number of ether oxygens (including phenoxy) is 1. The lowest BCUT2D eigenvalue weighted by atomic mass is 10.2. The van der Waals surface area contributed by atoms with Crippen LogP contribution < -0.4 is 0 Å². The summed E-state index contributed by atoms with van der Waals surface area (Å²) in [4.78, 5) is 6.00. The quantitative estimate of drug-likeness (QED) is 0.756. The number of alkyl halides is 1. The van der Waals surface area contributed by atoms with Crippen molar-refractivity contribution in [2.45, 2.75) is 25.7 Å². The number of hydrogen-bond acceptors (Lipinski definition) is 4. The summed E-state index contributed by atoms with van der Waals surface area (Å²) in [5, 5.41) is 0. The molecule has 0 bridgehead atoms. The first-order valence-corrected chi connectivity index (χ1v) is 4.99. The highest BCUT2D eigenvalue weighted by atomic mass is 19.1. The number of nitrogens with zero attached hydrogens (tertiary/aromatic N) is 2. The van der Waals surface area contributed by atoms with Gasteiger partial charge < -0.3 is 9.15 Å². The zero-order valence-electron chi connectivity index (χ0n) is 8.94. The van der Waals surface area contributed by atoms with Gasteiger partial charge in [-0.05, 0) is 14.0 Å². The van der Waals surface area contributed by atoms with Gasteiger partial charge in [0.15, 0.2) is 6.39 Å². The van der Waals surface area contributed by atoms with E-state index in [2.05, 4.69) is 4.98 Å². The van der Waals surface area contributed by atoms with E-state index in [0.717, 1.165) is 11.5 Å². The molecule has 2 unspecified atom stereocenters. The summed E-state index contributed by atoms with van der Waals surface area (Å²) in [6.07, 6.45) is 0.513. The summed E-state index contributed by atoms with van der Waals surface area (Å²) in [5.41, 5.74) is 0.858. The Morgan fingerprint density at radius 2 is 2.40 bits per heavy atom. The van der Waals surface area contributed by atoms with Crippen LogP contribution in [-0.2, 0) is 11.3 Å². The normalized spacial score (nSPS) is 26.4. The van der Waals surface area contributed by atoms with E-state index in [9.17, 15) is 4.39 Å². The number of likely N-dealkylation sites (N-methyl/N-ethyl adjacent to an activating group) is 1. The average molecular weight is 214 g/mol. The highest BCUT2D eigenvalue weighted by Gasteiger charge is 2.31. The minimum Gasteiger partial charge on any atom is -0.448 e. The number of halogens is 1. The third-order valence-corrected chi connectivity index (χ3v) is 2.79. The topological polar surface area (TPSA) is 38.5 Å². The van der Waals surface area contributed by atoms with E-state index in [1.165, 1.54) is 6.39 Å². The average Bonchev–Trinajstić information content (AvgIpc) is 2.76. The molecular weight excluding hydrogens is 199 g/mol. The SMILES string of the molecule is Cc1ocnc1CN(C)C1COCC1F. The Hall–Kier alpha value is -0.940. The number of aromatic nitrogens is 1. The monoisotopic (exact) mass is 214 g/mol. The van der Waals surface area contributed by atoms with Crippen LogP contribution >= 0.6 is 0 Å². The Labute approximate surface area is 88.0 Å². The molecule has 2 heterocycles. The van der Waals surface area contributed by atoms with Gasteiger partial charge in [-0.15, -0.1) is 0 Å². The number of oxazole rings is 1. The number of hydrogen-bond donors (Lipinski definition) is 0. The van der Waals surface area contributed by atoms with Crippen molar-refractivity contribution in [1.29, 1.82) is 0 Å². The van der Waals surface area contributed by atoms with Gasteiger partial charge in [0.2, 0.25) is 0 Å². The van der Waals surface area contributed by atoms with E-state index in [4.69, 9.17) is 9.15 Å². The van der Waals surface area contributed by atoms with Gasteiger partial charge in [0.05, 0.1) is 24.9 Å². The highest BCUT2D eigenvalue weighted by molar-refractivity contribution is 5.04. The van der Waals surface area contributed by atoms with Crippen molar-refractivity contribution in [3.63, 3.8) is 0 Å². The van der Waals surface area contributed by atoms with Crippen LogP contribution in [0.3, 0.4) is 0 Å². The van der Waals surface area contributed by atoms with Gasteiger partial charge in [-0.1, -0.05) is 0 Å². The van der Waals surface area contributed by atoms with Crippen LogP contribution in [0.25, 0.3) is 0 Å². The predicted molar refractivity (Wildman–Crippen MR) is 52.2 cm³/mol. The fraction of sp³-hybridized carbons (Fsp3) is 0.700. The van der Waals surface area contributed by atoms with Gasteiger partial charge in [-0.25, -0.2) is 9.37 Å². The van der Waals surface area contributed by atoms with Gasteiger partial charge in [-0.2, -0.15) is 0 Å². The molecule has 2 rings (SSSR count). The van der Waals surface area contributed by atoms with Crippen molar-refractivity contribution >= 4 is 0 Å². The van der Waals surface area contributed by atoms with Crippen molar-refractivity contribution < 1.29 is 13.5 Å². The predicted octanol–water partition coefficient (Wildman–Crippen LogP) is 1.15. The van der Waals surface area contributed by atoms with Gasteiger partial charge in [0.1, 0.15) is 11.9 Å². The molecule has 5 heteroatoms. The maximum Gasteiger partial charge on any atom is 0.181 e. The first kappa shape index (κ1) is 10.6. The Bertz CT molecular complexity index is 329. The molecule has 0 saturated carbocycles. The second-order valence-corrected chi connectivity index (χ2v) is 3.89. The molecule has 4 nitrogen and oxygen atoms in total. The number of rotatable bonds is 3. The minimum atomic E-state index is -0.901. The van der Waals surface area contributed by atoms with Crippen LogP contribution in [0.5, 0.6) is 0 Å². The van der Waals surface area contributed by atoms with Gasteiger partial charge in [0, 0.05) is 6.54 Å². The van der Waals surface area contributed by atoms with Crippen molar-refractivity contribution in [3.8, 4) is 0 Å². The third kappa shape index (κ3) is 2.18. The lowest BCUT2D eigenvalue weighted by molar-refractivity contribution is 0.152. The Kier molecular flexibility index (Phi) is 3.02. The molecule has 1 saturated heterocycles. The molecule has 0 amide bonds. The van der Waals surface area contributed by atoms with E-state index in [0.29, 0.717) is 13.2 Å². The van der Waals surface area contributed by atoms with E-state index < -0.39 is 6.17 Å². The maximum atomic E-state index is 13.4. The summed E-state index contributed by atoms with van der Waals surface area (Å²) in [6.45, 7) is 3.10. The summed E-state index contributed by atoms with van der Waals surface area (Å²) in [6, 6.07) is -0.166. The molecule has 0 aromatic carbocycles. The zero-order valence-corrected chi connectivity index (χ0v) is 8.94. The van der Waals surface area contributed by atoms with E-state index >= 15 is 0 Å². The highest BCUT2D eigenvalue weighted by Crippen LogP contribution is 2.17. The Morgan fingerprint density at radius 1 is 1.60 bits per heavy atom. The summed E-state index contributed by atoms with van der Waals surface area (Å²) in [5.74, 6) is 0.788. The van der Waals surface area contributed by atoms with Gasteiger partial charge in [0.25, 0.3) is 0 Å². The summed E-state index contributed by atoms with van der Waals surface area (Å²) < 4.78 is 23.5. The molecule has 0 spiro atoms. The smallest absolute Gasteiger partial charge is 0.181 e. The van der Waals surface area contributed by atoms with Crippen molar-refractivity contribution in [3.05, 3.63) is 17.8 Å². The Balaban J connectivity index is 1.97. The Morgan fingerprint density at radius 3 is 2.93 bits per heavy atom. The molecule has 0 aliphatic carbocycles. The fourth-order valence-electron chi connectivity index (χ4n) is 1.75. The molecular formula is C10H15FN2O2. The minimum absolute atomic E-state index is 0.166. The molecule has 0 N–H and O–H groups in total. The summed E-state index contributed by atoms with van der Waals surface area (Å²) >= 11 is 0. The van der Waals surface area contributed by atoms with Crippen LogP contribution in [0, 0.1) is 6.92 Å². The fourth-order valence-corrected chi connectivity index (χ4v) is 1.75. The second kappa shape index (κ2) is 4.28. The van der Waals surface area contributed by atoms with Crippen molar-refractivity contribution in [2.24, 2.45) is 0 Å². The van der Waals surface area contributed by atoms with E-state index in [1.807, 2.05) is 18.9 Å². The first-order chi connectivity index (χ1) is 7.18. The van der Waals surface area contributed by atoms with Crippen LogP contribution in [0.4, 0.5) is 4.39 Å².